The van der Waals surface area contributed by atoms with Gasteiger partial charge in [0.25, 0.3) is 0 Å². The molecule has 1 amide bonds. The van der Waals surface area contributed by atoms with E-state index in [0.717, 1.165) is 12.1 Å². The number of benzene rings is 1. The highest BCUT2D eigenvalue weighted by atomic mass is 19.2. The molecule has 1 aromatic carbocycles. The van der Waals surface area contributed by atoms with E-state index in [-0.39, 0.29) is 6.54 Å². The number of halogens is 2. The smallest absolute Gasteiger partial charge is 0.405 e. The van der Waals surface area contributed by atoms with Gasteiger partial charge in [-0.15, -0.1) is 0 Å². The van der Waals surface area contributed by atoms with Crippen molar-refractivity contribution in [2.75, 3.05) is 6.54 Å². The minimum absolute atomic E-state index is 0.0304. The number of amides is 1. The number of carboxylic acid groups (broad SMARTS) is 1. The zero-order valence-corrected chi connectivity index (χ0v) is 7.71. The van der Waals surface area contributed by atoms with Gasteiger partial charge in [-0.3, -0.25) is 0 Å². The number of nitrogens with one attached hydrogen (secondary N) is 1. The van der Waals surface area contributed by atoms with E-state index in [9.17, 15) is 13.6 Å². The molecule has 0 saturated heterocycles. The highest BCUT2D eigenvalue weighted by Crippen LogP contribution is 2.15. The van der Waals surface area contributed by atoms with Crippen LogP contribution in [0.1, 0.15) is 11.6 Å². The molecule has 0 bridgehead atoms. The van der Waals surface area contributed by atoms with Gasteiger partial charge >= 0.3 is 6.09 Å². The van der Waals surface area contributed by atoms with Gasteiger partial charge in [-0.25, -0.2) is 13.6 Å². The lowest BCUT2D eigenvalue weighted by Crippen LogP contribution is -2.32. The van der Waals surface area contributed by atoms with E-state index in [1.165, 1.54) is 6.07 Å². The number of rotatable bonds is 3. The topological polar surface area (TPSA) is 75.3 Å². The Balaban J connectivity index is 2.92. The van der Waals surface area contributed by atoms with Gasteiger partial charge < -0.3 is 16.2 Å². The normalized spacial score (nSPS) is 12.2. The molecule has 0 aromatic heterocycles. The molecule has 0 saturated carbocycles. The van der Waals surface area contributed by atoms with Crippen molar-refractivity contribution in [3.8, 4) is 0 Å². The second-order valence-electron chi connectivity index (χ2n) is 2.91. The van der Waals surface area contributed by atoms with E-state index in [1.54, 1.807) is 0 Å². The largest absolute Gasteiger partial charge is 0.465 e. The zero-order chi connectivity index (χ0) is 11.4. The molecule has 0 aliphatic heterocycles. The molecule has 0 heterocycles. The Morgan fingerprint density at radius 2 is 2.13 bits per heavy atom. The summed E-state index contributed by atoms with van der Waals surface area (Å²) in [5.41, 5.74) is 5.59. The highest BCUT2D eigenvalue weighted by molar-refractivity contribution is 5.65. The summed E-state index contributed by atoms with van der Waals surface area (Å²) >= 11 is 0. The SMILES string of the molecule is NCC(NC(=O)O)c1ccc(F)c(F)c1. The van der Waals surface area contributed by atoms with Gasteiger partial charge in [0.2, 0.25) is 0 Å². The molecule has 0 radical (unpaired) electrons. The number of hydrogen-bond acceptors (Lipinski definition) is 2. The molecular formula is C9H10F2N2O2. The minimum atomic E-state index is -1.27. The van der Waals surface area contributed by atoms with Crippen molar-refractivity contribution < 1.29 is 18.7 Å². The molecule has 4 N–H and O–H groups in total. The van der Waals surface area contributed by atoms with Crippen molar-refractivity contribution in [3.05, 3.63) is 35.4 Å². The Bertz CT molecular complexity index is 371. The maximum atomic E-state index is 12.8. The summed E-state index contributed by atoms with van der Waals surface area (Å²) in [7, 11) is 0. The molecule has 0 aliphatic rings. The maximum Gasteiger partial charge on any atom is 0.405 e. The monoisotopic (exact) mass is 216 g/mol. The number of hydrogen-bond donors (Lipinski definition) is 3. The third kappa shape index (κ3) is 2.88. The van der Waals surface area contributed by atoms with E-state index >= 15 is 0 Å². The third-order valence-corrected chi connectivity index (χ3v) is 1.88. The van der Waals surface area contributed by atoms with Crippen molar-refractivity contribution in [3.63, 3.8) is 0 Å². The minimum Gasteiger partial charge on any atom is -0.465 e. The van der Waals surface area contributed by atoms with Gasteiger partial charge in [0.15, 0.2) is 11.6 Å². The van der Waals surface area contributed by atoms with Crippen LogP contribution in [0.25, 0.3) is 0 Å². The molecule has 1 aromatic rings. The molecule has 0 fully saturated rings. The first kappa shape index (κ1) is 11.4. The van der Waals surface area contributed by atoms with Gasteiger partial charge in [-0.2, -0.15) is 0 Å². The van der Waals surface area contributed by atoms with Crippen molar-refractivity contribution in [2.24, 2.45) is 5.73 Å². The summed E-state index contributed by atoms with van der Waals surface area (Å²) in [6.07, 6.45) is -1.27. The van der Waals surface area contributed by atoms with Crippen LogP contribution in [0.15, 0.2) is 18.2 Å². The van der Waals surface area contributed by atoms with Crippen molar-refractivity contribution >= 4 is 6.09 Å². The molecule has 82 valence electrons. The van der Waals surface area contributed by atoms with Crippen LogP contribution in [-0.2, 0) is 0 Å². The Morgan fingerprint density at radius 3 is 2.60 bits per heavy atom. The second-order valence-corrected chi connectivity index (χ2v) is 2.91. The standard InChI is InChI=1S/C9H10F2N2O2/c10-6-2-1-5(3-7(6)11)8(4-12)13-9(14)15/h1-3,8,13H,4,12H2,(H,14,15). The van der Waals surface area contributed by atoms with Gasteiger partial charge in [-0.05, 0) is 17.7 Å². The summed E-state index contributed by atoms with van der Waals surface area (Å²) in [6.45, 7) is -0.0304. The van der Waals surface area contributed by atoms with Gasteiger partial charge in [0.1, 0.15) is 0 Å². The lowest BCUT2D eigenvalue weighted by molar-refractivity contribution is 0.190. The third-order valence-electron chi connectivity index (χ3n) is 1.88. The van der Waals surface area contributed by atoms with Crippen LogP contribution in [0.5, 0.6) is 0 Å². The molecule has 4 nitrogen and oxygen atoms in total. The van der Waals surface area contributed by atoms with E-state index < -0.39 is 23.8 Å². The lowest BCUT2D eigenvalue weighted by atomic mass is 10.1. The molecule has 1 rings (SSSR count). The second kappa shape index (κ2) is 4.70. The van der Waals surface area contributed by atoms with E-state index in [4.69, 9.17) is 10.8 Å². The number of carbonyl (C=O) groups is 1. The van der Waals surface area contributed by atoms with Gasteiger partial charge in [0, 0.05) is 6.54 Å². The van der Waals surface area contributed by atoms with Crippen molar-refractivity contribution in [1.29, 1.82) is 0 Å². The molecule has 6 heteroatoms. The fraction of sp³-hybridized carbons (Fsp3) is 0.222. The van der Waals surface area contributed by atoms with Crippen LogP contribution in [0, 0.1) is 11.6 Å². The van der Waals surface area contributed by atoms with Crippen LogP contribution in [0.3, 0.4) is 0 Å². The molecule has 15 heavy (non-hydrogen) atoms. The van der Waals surface area contributed by atoms with Crippen molar-refractivity contribution in [2.45, 2.75) is 6.04 Å². The predicted molar refractivity (Wildman–Crippen MR) is 49.3 cm³/mol. The Morgan fingerprint density at radius 1 is 1.47 bits per heavy atom. The van der Waals surface area contributed by atoms with E-state index in [1.807, 2.05) is 0 Å². The maximum absolute atomic E-state index is 12.8. The average Bonchev–Trinajstić information content (AvgIpc) is 2.18. The van der Waals surface area contributed by atoms with E-state index in [0.29, 0.717) is 5.56 Å². The van der Waals surface area contributed by atoms with E-state index in [2.05, 4.69) is 5.32 Å². The fourth-order valence-electron chi connectivity index (χ4n) is 1.16. The average molecular weight is 216 g/mol. The van der Waals surface area contributed by atoms with Gasteiger partial charge in [-0.1, -0.05) is 6.07 Å². The number of nitrogens with two attached hydrogens (primary N) is 1. The molecule has 1 unspecified atom stereocenters. The summed E-state index contributed by atoms with van der Waals surface area (Å²) in [6, 6.07) is 2.39. The Kier molecular flexibility index (Phi) is 3.56. The van der Waals surface area contributed by atoms with Crippen LogP contribution in [0.4, 0.5) is 13.6 Å². The summed E-state index contributed by atoms with van der Waals surface area (Å²) < 4.78 is 25.4. The molecule has 1 atom stereocenters. The summed E-state index contributed by atoms with van der Waals surface area (Å²) in [5, 5.41) is 10.6. The molecular weight excluding hydrogens is 206 g/mol. The first-order chi connectivity index (χ1) is 7.04. The fourth-order valence-corrected chi connectivity index (χ4v) is 1.16. The van der Waals surface area contributed by atoms with Crippen LogP contribution in [-0.4, -0.2) is 17.7 Å². The van der Waals surface area contributed by atoms with Gasteiger partial charge in [0.05, 0.1) is 6.04 Å². The zero-order valence-electron chi connectivity index (χ0n) is 7.71. The van der Waals surface area contributed by atoms with Crippen LogP contribution in [0.2, 0.25) is 0 Å². The lowest BCUT2D eigenvalue weighted by Gasteiger charge is -2.14. The molecule has 0 aliphatic carbocycles. The summed E-state index contributed by atoms with van der Waals surface area (Å²) in [5.74, 6) is -2.01. The summed E-state index contributed by atoms with van der Waals surface area (Å²) in [4.78, 5) is 10.4. The molecule has 0 spiro atoms. The quantitative estimate of drug-likeness (QED) is 0.711. The van der Waals surface area contributed by atoms with Crippen LogP contribution >= 0.6 is 0 Å². The highest BCUT2D eigenvalue weighted by Gasteiger charge is 2.13. The Labute approximate surface area is 84.7 Å². The van der Waals surface area contributed by atoms with Crippen molar-refractivity contribution in [1.82, 2.24) is 5.32 Å². The Hall–Kier alpha value is -1.69. The predicted octanol–water partition coefficient (Wildman–Crippen LogP) is 1.23. The first-order valence-corrected chi connectivity index (χ1v) is 4.19. The van der Waals surface area contributed by atoms with Crippen LogP contribution < -0.4 is 11.1 Å². The first-order valence-electron chi connectivity index (χ1n) is 4.19.